The second kappa shape index (κ2) is 6.93. The van der Waals surface area contributed by atoms with Crippen LogP contribution < -0.4 is 10.1 Å². The molecule has 24 heavy (non-hydrogen) atoms. The van der Waals surface area contributed by atoms with E-state index in [0.717, 1.165) is 0 Å². The van der Waals surface area contributed by atoms with Crippen LogP contribution in [0.15, 0.2) is 60.9 Å². The lowest BCUT2D eigenvalue weighted by Gasteiger charge is -2.10. The summed E-state index contributed by atoms with van der Waals surface area (Å²) in [5.41, 5.74) is 0.118. The fourth-order valence-electron chi connectivity index (χ4n) is 1.98. The average Bonchev–Trinajstić information content (AvgIpc) is 2.58. The standard InChI is InChI=1S/C16H11ClN4O3/c17-12-8-4-5-9-13(12)20-15-14(21(22)23)16(19-10-18-15)24-11-6-2-1-3-7-11/h1-10H,(H,18,19,20). The molecule has 0 spiro atoms. The third-order valence-corrected chi connectivity index (χ3v) is 3.39. The quantitative estimate of drug-likeness (QED) is 0.539. The van der Waals surface area contributed by atoms with Crippen molar-refractivity contribution in [3.05, 3.63) is 76.1 Å². The van der Waals surface area contributed by atoms with E-state index in [-0.39, 0.29) is 17.4 Å². The van der Waals surface area contributed by atoms with Crippen molar-refractivity contribution in [1.29, 1.82) is 0 Å². The number of para-hydroxylation sites is 2. The molecule has 0 aliphatic carbocycles. The summed E-state index contributed by atoms with van der Waals surface area (Å²) in [5, 5.41) is 14.7. The van der Waals surface area contributed by atoms with Gasteiger partial charge in [0, 0.05) is 0 Å². The highest BCUT2D eigenvalue weighted by atomic mass is 35.5. The zero-order valence-electron chi connectivity index (χ0n) is 12.2. The van der Waals surface area contributed by atoms with E-state index < -0.39 is 4.92 Å². The highest BCUT2D eigenvalue weighted by Crippen LogP contribution is 2.36. The number of nitrogens with one attached hydrogen (secondary N) is 1. The van der Waals surface area contributed by atoms with E-state index in [2.05, 4.69) is 15.3 Å². The van der Waals surface area contributed by atoms with Gasteiger partial charge >= 0.3 is 11.6 Å². The summed E-state index contributed by atoms with van der Waals surface area (Å²) >= 11 is 6.07. The van der Waals surface area contributed by atoms with Crippen LogP contribution in [-0.2, 0) is 0 Å². The van der Waals surface area contributed by atoms with Crippen LogP contribution in [0.2, 0.25) is 5.02 Å². The number of hydrogen-bond donors (Lipinski definition) is 1. The molecule has 0 radical (unpaired) electrons. The number of halogens is 1. The Morgan fingerprint density at radius 3 is 2.46 bits per heavy atom. The summed E-state index contributed by atoms with van der Waals surface area (Å²) in [6.07, 6.45) is 1.18. The van der Waals surface area contributed by atoms with E-state index >= 15 is 0 Å². The van der Waals surface area contributed by atoms with Crippen molar-refractivity contribution in [1.82, 2.24) is 9.97 Å². The van der Waals surface area contributed by atoms with Crippen molar-refractivity contribution in [3.8, 4) is 11.6 Å². The Kier molecular flexibility index (Phi) is 4.53. The number of aromatic nitrogens is 2. The summed E-state index contributed by atoms with van der Waals surface area (Å²) in [7, 11) is 0. The fourth-order valence-corrected chi connectivity index (χ4v) is 2.17. The van der Waals surface area contributed by atoms with Crippen molar-refractivity contribution >= 4 is 28.8 Å². The minimum atomic E-state index is -0.600. The van der Waals surface area contributed by atoms with Gasteiger partial charge in [-0.1, -0.05) is 41.9 Å². The molecule has 2 aromatic carbocycles. The Morgan fingerprint density at radius 1 is 1.04 bits per heavy atom. The number of ether oxygens (including phenoxy) is 1. The minimum absolute atomic E-state index is 0.00553. The first-order valence-electron chi connectivity index (χ1n) is 6.89. The van der Waals surface area contributed by atoms with Crippen LogP contribution in [0, 0.1) is 10.1 Å². The summed E-state index contributed by atoms with van der Waals surface area (Å²) in [4.78, 5) is 18.7. The Hall–Kier alpha value is -3.19. The van der Waals surface area contributed by atoms with Gasteiger partial charge in [0.2, 0.25) is 5.82 Å². The molecule has 0 saturated carbocycles. The summed E-state index contributed by atoms with van der Waals surface area (Å²) < 4.78 is 5.51. The molecule has 0 aliphatic heterocycles. The van der Waals surface area contributed by atoms with Crippen LogP contribution in [0.4, 0.5) is 17.2 Å². The van der Waals surface area contributed by atoms with E-state index in [1.807, 2.05) is 6.07 Å². The van der Waals surface area contributed by atoms with Gasteiger partial charge in [0.15, 0.2) is 0 Å². The summed E-state index contributed by atoms with van der Waals surface area (Å²) in [6.45, 7) is 0. The molecule has 8 heteroatoms. The van der Waals surface area contributed by atoms with E-state index in [9.17, 15) is 10.1 Å². The van der Waals surface area contributed by atoms with Gasteiger partial charge < -0.3 is 10.1 Å². The number of benzene rings is 2. The molecule has 3 aromatic rings. The van der Waals surface area contributed by atoms with Gasteiger partial charge in [-0.15, -0.1) is 0 Å². The van der Waals surface area contributed by atoms with Crippen LogP contribution in [0.1, 0.15) is 0 Å². The molecule has 0 atom stereocenters. The molecule has 0 fully saturated rings. The van der Waals surface area contributed by atoms with Crippen molar-refractivity contribution < 1.29 is 9.66 Å². The van der Waals surface area contributed by atoms with Gasteiger partial charge in [0.05, 0.1) is 15.6 Å². The molecular weight excluding hydrogens is 332 g/mol. The molecule has 120 valence electrons. The predicted molar refractivity (Wildman–Crippen MR) is 89.9 cm³/mol. The van der Waals surface area contributed by atoms with Crippen molar-refractivity contribution in [2.75, 3.05) is 5.32 Å². The number of anilines is 2. The monoisotopic (exact) mass is 342 g/mol. The molecular formula is C16H11ClN4O3. The van der Waals surface area contributed by atoms with Gasteiger partial charge in [-0.2, -0.15) is 4.98 Å². The largest absolute Gasteiger partial charge is 0.434 e. The van der Waals surface area contributed by atoms with Crippen LogP contribution >= 0.6 is 11.6 Å². The first-order chi connectivity index (χ1) is 11.6. The SMILES string of the molecule is O=[N+]([O-])c1c(Nc2ccccc2Cl)ncnc1Oc1ccccc1. The average molecular weight is 343 g/mol. The molecule has 1 heterocycles. The lowest BCUT2D eigenvalue weighted by atomic mass is 10.3. The second-order valence-corrected chi connectivity index (χ2v) is 5.06. The third kappa shape index (κ3) is 3.41. The van der Waals surface area contributed by atoms with Crippen LogP contribution in [0.3, 0.4) is 0 Å². The van der Waals surface area contributed by atoms with E-state index in [0.29, 0.717) is 16.5 Å². The van der Waals surface area contributed by atoms with Crippen LogP contribution in [0.5, 0.6) is 11.6 Å². The van der Waals surface area contributed by atoms with Crippen molar-refractivity contribution in [3.63, 3.8) is 0 Å². The Labute approximate surface area is 142 Å². The molecule has 1 aromatic heterocycles. The molecule has 7 nitrogen and oxygen atoms in total. The molecule has 1 N–H and O–H groups in total. The van der Waals surface area contributed by atoms with Crippen molar-refractivity contribution in [2.24, 2.45) is 0 Å². The maximum absolute atomic E-state index is 11.5. The fraction of sp³-hybridized carbons (Fsp3) is 0. The lowest BCUT2D eigenvalue weighted by molar-refractivity contribution is -0.385. The van der Waals surface area contributed by atoms with E-state index in [1.165, 1.54) is 6.33 Å². The lowest BCUT2D eigenvalue weighted by Crippen LogP contribution is -2.03. The zero-order chi connectivity index (χ0) is 16.9. The maximum Gasteiger partial charge on any atom is 0.373 e. The van der Waals surface area contributed by atoms with E-state index in [4.69, 9.17) is 16.3 Å². The van der Waals surface area contributed by atoms with Gasteiger partial charge in [0.25, 0.3) is 0 Å². The first kappa shape index (κ1) is 15.7. The van der Waals surface area contributed by atoms with Crippen LogP contribution in [0.25, 0.3) is 0 Å². The van der Waals surface area contributed by atoms with Gasteiger partial charge in [-0.25, -0.2) is 4.98 Å². The first-order valence-corrected chi connectivity index (χ1v) is 7.27. The molecule has 0 saturated heterocycles. The highest BCUT2D eigenvalue weighted by Gasteiger charge is 2.25. The van der Waals surface area contributed by atoms with Gasteiger partial charge in [0.1, 0.15) is 12.1 Å². The van der Waals surface area contributed by atoms with E-state index in [1.54, 1.807) is 48.5 Å². The second-order valence-electron chi connectivity index (χ2n) is 4.65. The normalized spacial score (nSPS) is 10.2. The Bertz CT molecular complexity index is 874. The minimum Gasteiger partial charge on any atom is -0.434 e. The molecule has 0 unspecified atom stereocenters. The third-order valence-electron chi connectivity index (χ3n) is 3.06. The number of nitro groups is 1. The zero-order valence-corrected chi connectivity index (χ0v) is 13.0. The molecule has 3 rings (SSSR count). The summed E-state index contributed by atoms with van der Waals surface area (Å²) in [6, 6.07) is 15.5. The smallest absolute Gasteiger partial charge is 0.373 e. The number of nitrogens with zero attached hydrogens (tertiary/aromatic N) is 3. The number of hydrogen-bond acceptors (Lipinski definition) is 6. The van der Waals surface area contributed by atoms with Crippen LogP contribution in [-0.4, -0.2) is 14.9 Å². The van der Waals surface area contributed by atoms with Gasteiger partial charge in [-0.05, 0) is 24.3 Å². The molecule has 0 amide bonds. The topological polar surface area (TPSA) is 90.2 Å². The Morgan fingerprint density at radius 2 is 1.75 bits per heavy atom. The molecule has 0 aliphatic rings. The summed E-state index contributed by atoms with van der Waals surface area (Å²) in [5.74, 6) is 0.271. The van der Waals surface area contributed by atoms with Crippen molar-refractivity contribution in [2.45, 2.75) is 0 Å². The van der Waals surface area contributed by atoms with Gasteiger partial charge in [-0.3, -0.25) is 10.1 Å². The Balaban J connectivity index is 1.99. The molecule has 0 bridgehead atoms. The predicted octanol–water partition coefficient (Wildman–Crippen LogP) is 4.57. The highest BCUT2D eigenvalue weighted by molar-refractivity contribution is 6.33. The number of rotatable bonds is 5. The maximum atomic E-state index is 11.5.